The van der Waals surface area contributed by atoms with Crippen molar-refractivity contribution in [2.75, 3.05) is 20.3 Å². The first-order valence-electron chi connectivity index (χ1n) is 5.42. The molecule has 5 nitrogen and oxygen atoms in total. The lowest BCUT2D eigenvalue weighted by molar-refractivity contribution is 0.0941. The minimum absolute atomic E-state index is 0.0703. The van der Waals surface area contributed by atoms with Crippen LogP contribution in [0.3, 0.4) is 0 Å². The molecule has 0 aliphatic carbocycles. The van der Waals surface area contributed by atoms with Gasteiger partial charge in [-0.05, 0) is 6.07 Å². The fourth-order valence-electron chi connectivity index (χ4n) is 1.71. The van der Waals surface area contributed by atoms with Gasteiger partial charge in [-0.15, -0.1) is 22.7 Å². The van der Waals surface area contributed by atoms with Crippen LogP contribution in [0, 0.1) is 0 Å². The smallest absolute Gasteiger partial charge is 0.261 e. The maximum Gasteiger partial charge on any atom is 0.261 e. The van der Waals surface area contributed by atoms with Crippen molar-refractivity contribution < 1.29 is 9.53 Å². The molecule has 0 radical (unpaired) electrons. The summed E-state index contributed by atoms with van der Waals surface area (Å²) in [5.41, 5.74) is 0.994. The minimum Gasteiger partial charge on any atom is -0.383 e. The number of nitrogens with one attached hydrogen (secondary N) is 1. The third-order valence-corrected chi connectivity index (χ3v) is 4.33. The molecule has 0 bridgehead atoms. The molecule has 94 valence electrons. The van der Waals surface area contributed by atoms with Gasteiger partial charge in [0.2, 0.25) is 0 Å². The Morgan fingerprint density at radius 1 is 1.61 bits per heavy atom. The van der Waals surface area contributed by atoms with Crippen LogP contribution in [0.5, 0.6) is 0 Å². The standard InChI is InChI=1S/C11H11N3O2S2/c1-16-4-2-12-9(15)8-6-7-10(18-8)13-11-14(7)3-5-17-11/h3,5-6H,2,4H2,1H3,(H,12,15). The van der Waals surface area contributed by atoms with E-state index in [-0.39, 0.29) is 5.91 Å². The molecule has 0 fully saturated rings. The van der Waals surface area contributed by atoms with Gasteiger partial charge in [0.1, 0.15) is 4.83 Å². The van der Waals surface area contributed by atoms with Crippen LogP contribution in [0.2, 0.25) is 0 Å². The maximum atomic E-state index is 11.9. The van der Waals surface area contributed by atoms with Crippen LogP contribution in [-0.4, -0.2) is 35.6 Å². The fraction of sp³-hybridized carbons (Fsp3) is 0.273. The van der Waals surface area contributed by atoms with Gasteiger partial charge in [-0.25, -0.2) is 4.98 Å². The van der Waals surface area contributed by atoms with Crippen LogP contribution in [0.1, 0.15) is 9.67 Å². The van der Waals surface area contributed by atoms with Crippen LogP contribution in [0.4, 0.5) is 0 Å². The molecule has 0 aromatic carbocycles. The molecule has 0 saturated carbocycles. The molecule has 3 aromatic heterocycles. The Morgan fingerprint density at radius 3 is 3.33 bits per heavy atom. The van der Waals surface area contributed by atoms with Gasteiger partial charge in [-0.3, -0.25) is 9.20 Å². The number of rotatable bonds is 4. The molecule has 0 atom stereocenters. The van der Waals surface area contributed by atoms with E-state index in [9.17, 15) is 4.79 Å². The number of hydrogen-bond acceptors (Lipinski definition) is 5. The van der Waals surface area contributed by atoms with E-state index in [1.807, 2.05) is 22.0 Å². The van der Waals surface area contributed by atoms with Crippen LogP contribution in [0.25, 0.3) is 15.3 Å². The summed E-state index contributed by atoms with van der Waals surface area (Å²) in [4.78, 5) is 18.9. The highest BCUT2D eigenvalue weighted by Crippen LogP contribution is 2.27. The number of hydrogen-bond donors (Lipinski definition) is 1. The van der Waals surface area contributed by atoms with E-state index in [4.69, 9.17) is 4.74 Å². The van der Waals surface area contributed by atoms with Crippen molar-refractivity contribution >= 4 is 43.9 Å². The molecule has 3 aromatic rings. The van der Waals surface area contributed by atoms with E-state index in [0.29, 0.717) is 18.0 Å². The Morgan fingerprint density at radius 2 is 2.50 bits per heavy atom. The quantitative estimate of drug-likeness (QED) is 0.744. The number of methoxy groups -OCH3 is 1. The van der Waals surface area contributed by atoms with Crippen molar-refractivity contribution in [3.05, 3.63) is 22.5 Å². The number of aromatic nitrogens is 2. The van der Waals surface area contributed by atoms with Crippen molar-refractivity contribution in [3.63, 3.8) is 0 Å². The number of fused-ring (bicyclic) bond motifs is 3. The average molecular weight is 281 g/mol. The normalized spacial score (nSPS) is 11.4. The number of nitrogens with zero attached hydrogens (tertiary/aromatic N) is 2. The summed E-state index contributed by atoms with van der Waals surface area (Å²) < 4.78 is 6.90. The lowest BCUT2D eigenvalue weighted by Crippen LogP contribution is -2.26. The minimum atomic E-state index is -0.0703. The second-order valence-corrected chi connectivity index (χ2v) is 5.62. The number of carbonyl (C=O) groups is 1. The molecule has 0 spiro atoms. The Bertz CT molecular complexity index is 697. The van der Waals surface area contributed by atoms with Gasteiger partial charge in [-0.1, -0.05) is 0 Å². The topological polar surface area (TPSA) is 55.6 Å². The first-order chi connectivity index (χ1) is 8.79. The van der Waals surface area contributed by atoms with Crippen molar-refractivity contribution in [1.29, 1.82) is 0 Å². The first kappa shape index (κ1) is 11.6. The summed E-state index contributed by atoms with van der Waals surface area (Å²) in [6, 6.07) is 1.88. The predicted molar refractivity (Wildman–Crippen MR) is 72.7 cm³/mol. The van der Waals surface area contributed by atoms with Crippen LogP contribution < -0.4 is 5.32 Å². The van der Waals surface area contributed by atoms with Crippen LogP contribution in [-0.2, 0) is 4.74 Å². The summed E-state index contributed by atoms with van der Waals surface area (Å²) in [6.45, 7) is 1.04. The summed E-state index contributed by atoms with van der Waals surface area (Å²) in [7, 11) is 1.61. The Balaban J connectivity index is 1.88. The molecule has 1 N–H and O–H groups in total. The number of amides is 1. The largest absolute Gasteiger partial charge is 0.383 e. The van der Waals surface area contributed by atoms with Gasteiger partial charge in [0.25, 0.3) is 5.91 Å². The lowest BCUT2D eigenvalue weighted by Gasteiger charge is -2.01. The monoisotopic (exact) mass is 281 g/mol. The number of thiophene rings is 1. The molecule has 18 heavy (non-hydrogen) atoms. The summed E-state index contributed by atoms with van der Waals surface area (Å²) >= 11 is 3.01. The molecular weight excluding hydrogens is 270 g/mol. The number of ether oxygens (including phenoxy) is 1. The highest BCUT2D eigenvalue weighted by atomic mass is 32.1. The molecule has 0 unspecified atom stereocenters. The van der Waals surface area contributed by atoms with E-state index in [1.165, 1.54) is 11.3 Å². The van der Waals surface area contributed by atoms with Gasteiger partial charge < -0.3 is 10.1 Å². The van der Waals surface area contributed by atoms with Crippen molar-refractivity contribution in [3.8, 4) is 0 Å². The number of carbonyl (C=O) groups excluding carboxylic acids is 1. The van der Waals surface area contributed by atoms with Crippen molar-refractivity contribution in [1.82, 2.24) is 14.7 Å². The van der Waals surface area contributed by atoms with Crippen LogP contribution in [0.15, 0.2) is 17.6 Å². The SMILES string of the molecule is COCCNC(=O)c1cc2c(nc3sccn32)s1. The Labute approximate surface area is 111 Å². The zero-order valence-corrected chi connectivity index (χ0v) is 11.3. The molecule has 3 heterocycles. The third kappa shape index (κ3) is 1.90. The summed E-state index contributed by atoms with van der Waals surface area (Å²) in [5.74, 6) is -0.0703. The predicted octanol–water partition coefficient (Wildman–Crippen LogP) is 1.99. The second kappa shape index (κ2) is 4.68. The van der Waals surface area contributed by atoms with E-state index < -0.39 is 0 Å². The van der Waals surface area contributed by atoms with Crippen molar-refractivity contribution in [2.24, 2.45) is 0 Å². The second-order valence-electron chi connectivity index (χ2n) is 3.72. The molecule has 3 rings (SSSR count). The number of thiazole rings is 1. The zero-order chi connectivity index (χ0) is 12.5. The maximum absolute atomic E-state index is 11.9. The lowest BCUT2D eigenvalue weighted by atomic mass is 10.4. The molecular formula is C11H11N3O2S2. The molecule has 1 amide bonds. The van der Waals surface area contributed by atoms with E-state index in [2.05, 4.69) is 10.3 Å². The zero-order valence-electron chi connectivity index (χ0n) is 9.67. The van der Waals surface area contributed by atoms with E-state index >= 15 is 0 Å². The molecule has 0 saturated heterocycles. The molecule has 7 heteroatoms. The summed E-state index contributed by atoms with van der Waals surface area (Å²) in [6.07, 6.45) is 1.97. The highest BCUT2D eigenvalue weighted by Gasteiger charge is 2.14. The van der Waals surface area contributed by atoms with Crippen molar-refractivity contribution in [2.45, 2.75) is 0 Å². The third-order valence-electron chi connectivity index (χ3n) is 2.56. The van der Waals surface area contributed by atoms with E-state index in [1.54, 1.807) is 18.4 Å². The Kier molecular flexibility index (Phi) is 3.02. The number of imidazole rings is 1. The summed E-state index contributed by atoms with van der Waals surface area (Å²) in [5, 5.41) is 4.79. The highest BCUT2D eigenvalue weighted by molar-refractivity contribution is 7.21. The van der Waals surface area contributed by atoms with Gasteiger partial charge >= 0.3 is 0 Å². The van der Waals surface area contributed by atoms with Gasteiger partial charge in [0, 0.05) is 25.2 Å². The first-order valence-corrected chi connectivity index (χ1v) is 7.11. The molecule has 0 aliphatic rings. The van der Waals surface area contributed by atoms with Gasteiger partial charge in [0.15, 0.2) is 4.96 Å². The Hall–Kier alpha value is -1.44. The van der Waals surface area contributed by atoms with Crippen LogP contribution >= 0.6 is 22.7 Å². The van der Waals surface area contributed by atoms with Gasteiger partial charge in [-0.2, -0.15) is 0 Å². The molecule has 0 aliphatic heterocycles. The fourth-order valence-corrected chi connectivity index (χ4v) is 3.43. The average Bonchev–Trinajstić information content (AvgIpc) is 2.99. The van der Waals surface area contributed by atoms with Gasteiger partial charge in [0.05, 0.1) is 17.0 Å². The van der Waals surface area contributed by atoms with E-state index in [0.717, 1.165) is 15.3 Å².